The molecule has 1 rings (SSSR count). The van der Waals surface area contributed by atoms with Crippen LogP contribution >= 0.6 is 0 Å². The molecule has 0 aliphatic heterocycles. The summed E-state index contributed by atoms with van der Waals surface area (Å²) in [6.07, 6.45) is 0. The number of hydrogen-bond acceptors (Lipinski definition) is 4. The lowest BCUT2D eigenvalue weighted by molar-refractivity contribution is -0.133. The van der Waals surface area contributed by atoms with Crippen molar-refractivity contribution < 1.29 is 14.3 Å². The second-order valence-electron chi connectivity index (χ2n) is 4.92. The fourth-order valence-corrected chi connectivity index (χ4v) is 1.77. The molecule has 1 N–H and O–H groups in total. The molecule has 0 radical (unpaired) electrons. The summed E-state index contributed by atoms with van der Waals surface area (Å²) in [5, 5.41) is 2.78. The normalized spacial score (nSPS) is 10.1. The van der Waals surface area contributed by atoms with Gasteiger partial charge in [0.15, 0.2) is 0 Å². The van der Waals surface area contributed by atoms with Crippen molar-refractivity contribution in [3.05, 3.63) is 24.3 Å². The largest absolute Gasteiger partial charge is 0.383 e. The zero-order valence-electron chi connectivity index (χ0n) is 13.0. The van der Waals surface area contributed by atoms with Crippen molar-refractivity contribution in [1.29, 1.82) is 0 Å². The molecule has 116 valence electrons. The topological polar surface area (TPSA) is 61.9 Å². The van der Waals surface area contributed by atoms with Crippen LogP contribution in [0.25, 0.3) is 0 Å². The van der Waals surface area contributed by atoms with Gasteiger partial charge in [0, 0.05) is 46.0 Å². The van der Waals surface area contributed by atoms with E-state index in [1.807, 2.05) is 43.3 Å². The third kappa shape index (κ3) is 5.83. The molecule has 0 heterocycles. The number of hydrogen-bond donors (Lipinski definition) is 1. The minimum Gasteiger partial charge on any atom is -0.383 e. The van der Waals surface area contributed by atoms with Crippen molar-refractivity contribution in [3.8, 4) is 0 Å². The molecule has 1 aromatic rings. The van der Waals surface area contributed by atoms with E-state index >= 15 is 0 Å². The predicted molar refractivity (Wildman–Crippen MR) is 83.5 cm³/mol. The zero-order valence-corrected chi connectivity index (χ0v) is 13.0. The minimum absolute atomic E-state index is 0.0219. The van der Waals surface area contributed by atoms with Crippen LogP contribution in [0.4, 0.5) is 11.4 Å². The molecule has 0 atom stereocenters. The molecule has 0 aromatic heterocycles. The molecule has 21 heavy (non-hydrogen) atoms. The van der Waals surface area contributed by atoms with Crippen molar-refractivity contribution in [1.82, 2.24) is 4.90 Å². The second-order valence-corrected chi connectivity index (χ2v) is 4.92. The highest BCUT2D eigenvalue weighted by Crippen LogP contribution is 2.15. The Balaban J connectivity index is 2.57. The Labute approximate surface area is 125 Å². The number of rotatable bonds is 7. The van der Waals surface area contributed by atoms with Crippen LogP contribution in [-0.4, -0.2) is 57.6 Å². The quantitative estimate of drug-likeness (QED) is 0.820. The summed E-state index contributed by atoms with van der Waals surface area (Å²) in [6.45, 7) is 2.27. The molecule has 6 nitrogen and oxygen atoms in total. The van der Waals surface area contributed by atoms with E-state index in [-0.39, 0.29) is 18.4 Å². The van der Waals surface area contributed by atoms with Crippen LogP contribution in [0.1, 0.15) is 6.92 Å². The summed E-state index contributed by atoms with van der Waals surface area (Å²) in [6, 6.07) is 7.51. The molecule has 0 fully saturated rings. The van der Waals surface area contributed by atoms with E-state index in [0.29, 0.717) is 18.8 Å². The first-order valence-electron chi connectivity index (χ1n) is 6.75. The average Bonchev–Trinajstić information content (AvgIpc) is 2.43. The first kappa shape index (κ1) is 17.0. The van der Waals surface area contributed by atoms with Crippen molar-refractivity contribution in [2.24, 2.45) is 0 Å². The first-order chi connectivity index (χ1) is 9.93. The van der Waals surface area contributed by atoms with Crippen molar-refractivity contribution >= 4 is 23.2 Å². The molecule has 0 aliphatic carbocycles. The number of anilines is 2. The van der Waals surface area contributed by atoms with Gasteiger partial charge in [0.2, 0.25) is 11.8 Å². The number of amides is 2. The van der Waals surface area contributed by atoms with Gasteiger partial charge in [0.25, 0.3) is 0 Å². The first-order valence-corrected chi connectivity index (χ1v) is 6.75. The van der Waals surface area contributed by atoms with Gasteiger partial charge in [-0.2, -0.15) is 0 Å². The predicted octanol–water partition coefficient (Wildman–Crippen LogP) is 1.19. The second kappa shape index (κ2) is 8.26. The maximum Gasteiger partial charge on any atom is 0.243 e. The monoisotopic (exact) mass is 293 g/mol. The number of nitrogens with one attached hydrogen (secondary N) is 1. The Bertz CT molecular complexity index is 472. The summed E-state index contributed by atoms with van der Waals surface area (Å²) in [4.78, 5) is 26.8. The third-order valence-corrected chi connectivity index (χ3v) is 3.01. The van der Waals surface area contributed by atoms with Crippen molar-refractivity contribution in [2.45, 2.75) is 6.92 Å². The Morgan fingerprint density at radius 1 is 1.19 bits per heavy atom. The van der Waals surface area contributed by atoms with E-state index in [1.165, 1.54) is 11.8 Å². The summed E-state index contributed by atoms with van der Waals surface area (Å²) in [5.41, 5.74) is 1.76. The summed E-state index contributed by atoms with van der Waals surface area (Å²) >= 11 is 0. The van der Waals surface area contributed by atoms with Crippen LogP contribution in [0.5, 0.6) is 0 Å². The van der Waals surface area contributed by atoms with Gasteiger partial charge in [-0.3, -0.25) is 9.59 Å². The van der Waals surface area contributed by atoms with Crippen LogP contribution < -0.4 is 10.2 Å². The number of ether oxygens (including phenoxy) is 1. The van der Waals surface area contributed by atoms with E-state index in [0.717, 1.165) is 5.69 Å². The Morgan fingerprint density at radius 2 is 1.81 bits per heavy atom. The fourth-order valence-electron chi connectivity index (χ4n) is 1.77. The number of nitrogens with zero attached hydrogens (tertiary/aromatic N) is 2. The lowest BCUT2D eigenvalue weighted by Crippen LogP contribution is -2.38. The number of benzene rings is 1. The minimum atomic E-state index is -0.223. The highest BCUT2D eigenvalue weighted by atomic mass is 16.5. The molecular formula is C15H23N3O3. The van der Waals surface area contributed by atoms with Crippen LogP contribution in [0, 0.1) is 0 Å². The van der Waals surface area contributed by atoms with E-state index < -0.39 is 0 Å². The SMILES string of the molecule is COCCN(CC(=O)Nc1ccc(N(C)C)cc1)C(C)=O. The molecular weight excluding hydrogens is 270 g/mol. The van der Waals surface area contributed by atoms with Gasteiger partial charge in [0.05, 0.1) is 13.2 Å². The summed E-state index contributed by atoms with van der Waals surface area (Å²) in [5.74, 6) is -0.371. The Morgan fingerprint density at radius 3 is 2.29 bits per heavy atom. The standard InChI is InChI=1S/C15H23N3O3/c1-12(19)18(9-10-21-4)11-15(20)16-13-5-7-14(8-6-13)17(2)3/h5-8H,9-11H2,1-4H3,(H,16,20). The molecule has 0 saturated carbocycles. The van der Waals surface area contributed by atoms with Gasteiger partial charge in [-0.1, -0.05) is 0 Å². The maximum atomic E-state index is 12.0. The van der Waals surface area contributed by atoms with Gasteiger partial charge in [-0.25, -0.2) is 0 Å². The zero-order chi connectivity index (χ0) is 15.8. The van der Waals surface area contributed by atoms with Crippen molar-refractivity contribution in [3.63, 3.8) is 0 Å². The van der Waals surface area contributed by atoms with Gasteiger partial charge in [0.1, 0.15) is 0 Å². The summed E-state index contributed by atoms with van der Waals surface area (Å²) < 4.78 is 4.93. The smallest absolute Gasteiger partial charge is 0.243 e. The Kier molecular flexibility index (Phi) is 6.68. The van der Waals surface area contributed by atoms with Crippen LogP contribution in [0.2, 0.25) is 0 Å². The average molecular weight is 293 g/mol. The fraction of sp³-hybridized carbons (Fsp3) is 0.467. The van der Waals surface area contributed by atoms with Gasteiger partial charge >= 0.3 is 0 Å². The van der Waals surface area contributed by atoms with Gasteiger partial charge in [-0.05, 0) is 24.3 Å². The van der Waals surface area contributed by atoms with E-state index in [4.69, 9.17) is 4.74 Å². The van der Waals surface area contributed by atoms with Crippen molar-refractivity contribution in [2.75, 3.05) is 51.1 Å². The highest BCUT2D eigenvalue weighted by molar-refractivity contribution is 5.94. The molecule has 0 saturated heterocycles. The number of carbonyl (C=O) groups excluding carboxylic acids is 2. The van der Waals surface area contributed by atoms with Gasteiger partial charge in [-0.15, -0.1) is 0 Å². The lowest BCUT2D eigenvalue weighted by Gasteiger charge is -2.20. The molecule has 0 bridgehead atoms. The molecule has 1 aromatic carbocycles. The third-order valence-electron chi connectivity index (χ3n) is 3.01. The Hall–Kier alpha value is -2.08. The molecule has 0 unspecified atom stereocenters. The van der Waals surface area contributed by atoms with Gasteiger partial charge < -0.3 is 19.9 Å². The number of carbonyl (C=O) groups is 2. The van der Waals surface area contributed by atoms with Crippen LogP contribution in [0.3, 0.4) is 0 Å². The van der Waals surface area contributed by atoms with E-state index in [2.05, 4.69) is 5.32 Å². The van der Waals surface area contributed by atoms with E-state index in [1.54, 1.807) is 7.11 Å². The van der Waals surface area contributed by atoms with Crippen LogP contribution in [0.15, 0.2) is 24.3 Å². The lowest BCUT2D eigenvalue weighted by atomic mass is 10.2. The maximum absolute atomic E-state index is 12.0. The summed E-state index contributed by atoms with van der Waals surface area (Å²) in [7, 11) is 5.47. The van der Waals surface area contributed by atoms with Crippen LogP contribution in [-0.2, 0) is 14.3 Å². The number of methoxy groups -OCH3 is 1. The molecule has 6 heteroatoms. The molecule has 2 amide bonds. The molecule has 0 aliphatic rings. The molecule has 0 spiro atoms. The van der Waals surface area contributed by atoms with E-state index in [9.17, 15) is 9.59 Å². The highest BCUT2D eigenvalue weighted by Gasteiger charge is 2.13.